The van der Waals surface area contributed by atoms with Crippen LogP contribution in [0.4, 0.5) is 10.1 Å². The van der Waals surface area contributed by atoms with Crippen molar-refractivity contribution in [1.82, 2.24) is 0 Å². The van der Waals surface area contributed by atoms with Crippen molar-refractivity contribution in [3.8, 4) is 0 Å². The molecule has 4 heteroatoms. The molecular weight excluding hydrogens is 233 g/mol. The first-order valence-corrected chi connectivity index (χ1v) is 6.33. The number of benzene rings is 1. The summed E-state index contributed by atoms with van der Waals surface area (Å²) in [6.07, 6.45) is -0.473. The molecule has 1 aromatic carbocycles. The molecule has 102 valence electrons. The van der Waals surface area contributed by atoms with Crippen LogP contribution in [0, 0.1) is 5.82 Å². The molecule has 1 unspecified atom stereocenters. The molecule has 1 rings (SSSR count). The molecule has 0 aromatic heterocycles. The minimum absolute atomic E-state index is 0.101. The molecule has 1 atom stereocenters. The second-order valence-corrected chi connectivity index (χ2v) is 4.55. The van der Waals surface area contributed by atoms with Crippen LogP contribution >= 0.6 is 0 Å². The molecule has 1 N–H and O–H groups in total. The van der Waals surface area contributed by atoms with Gasteiger partial charge in [0.25, 0.3) is 0 Å². The van der Waals surface area contributed by atoms with Gasteiger partial charge in [0.2, 0.25) is 0 Å². The molecule has 0 amide bonds. The Labute approximate surface area is 108 Å². The number of nitrogens with zero attached hydrogens (tertiary/aromatic N) is 1. The first kappa shape index (κ1) is 14.9. The summed E-state index contributed by atoms with van der Waals surface area (Å²) in [6.45, 7) is 7.27. The number of hydrogen-bond donors (Lipinski definition) is 1. The number of aliphatic hydroxyl groups excluding tert-OH is 1. The van der Waals surface area contributed by atoms with Crippen LogP contribution in [0.3, 0.4) is 0 Å². The fraction of sp³-hybridized carbons (Fsp3) is 0.571. The predicted molar refractivity (Wildman–Crippen MR) is 71.4 cm³/mol. The summed E-state index contributed by atoms with van der Waals surface area (Å²) >= 11 is 0. The van der Waals surface area contributed by atoms with Gasteiger partial charge in [-0.05, 0) is 39.0 Å². The molecule has 0 saturated carbocycles. The van der Waals surface area contributed by atoms with Gasteiger partial charge in [-0.2, -0.15) is 0 Å². The van der Waals surface area contributed by atoms with Crippen molar-refractivity contribution in [2.75, 3.05) is 24.6 Å². The van der Waals surface area contributed by atoms with Gasteiger partial charge in [0.05, 0.1) is 18.8 Å². The van der Waals surface area contributed by atoms with Crippen LogP contribution in [0.25, 0.3) is 0 Å². The van der Waals surface area contributed by atoms with Gasteiger partial charge >= 0.3 is 0 Å². The van der Waals surface area contributed by atoms with Crippen LogP contribution in [0.15, 0.2) is 24.3 Å². The summed E-state index contributed by atoms with van der Waals surface area (Å²) in [7, 11) is 0. The molecular formula is C14H22FNO2. The van der Waals surface area contributed by atoms with E-state index in [-0.39, 0.29) is 11.9 Å². The summed E-state index contributed by atoms with van der Waals surface area (Å²) in [5.74, 6) is -0.265. The number of likely N-dealkylation sites (N-methyl/N-ethyl adjacent to an activating group) is 1. The highest BCUT2D eigenvalue weighted by atomic mass is 19.1. The lowest BCUT2D eigenvalue weighted by Gasteiger charge is -2.26. The van der Waals surface area contributed by atoms with Gasteiger partial charge in [0.15, 0.2) is 0 Å². The van der Waals surface area contributed by atoms with E-state index in [0.717, 1.165) is 5.69 Å². The van der Waals surface area contributed by atoms with Gasteiger partial charge in [0, 0.05) is 18.8 Å². The summed E-state index contributed by atoms with van der Waals surface area (Å²) in [6, 6.07) is 6.39. The van der Waals surface area contributed by atoms with E-state index >= 15 is 0 Å². The van der Waals surface area contributed by atoms with Gasteiger partial charge in [0.1, 0.15) is 5.82 Å². The van der Waals surface area contributed by atoms with Crippen LogP contribution in [0.5, 0.6) is 0 Å². The maximum atomic E-state index is 13.1. The summed E-state index contributed by atoms with van der Waals surface area (Å²) in [4.78, 5) is 1.93. The highest BCUT2D eigenvalue weighted by molar-refractivity contribution is 5.46. The molecule has 0 bridgehead atoms. The van der Waals surface area contributed by atoms with E-state index in [1.165, 1.54) is 12.1 Å². The van der Waals surface area contributed by atoms with Crippen LogP contribution < -0.4 is 4.90 Å². The lowest BCUT2D eigenvalue weighted by Crippen LogP contribution is -2.35. The van der Waals surface area contributed by atoms with Crippen molar-refractivity contribution < 1.29 is 14.2 Å². The minimum atomic E-state index is -0.574. The van der Waals surface area contributed by atoms with Crippen molar-refractivity contribution >= 4 is 5.69 Å². The summed E-state index contributed by atoms with van der Waals surface area (Å²) in [5, 5.41) is 9.87. The monoisotopic (exact) mass is 255 g/mol. The molecule has 0 aliphatic heterocycles. The number of rotatable bonds is 7. The Morgan fingerprint density at radius 1 is 1.39 bits per heavy atom. The Kier molecular flexibility index (Phi) is 6.09. The Bertz CT molecular complexity index is 357. The summed E-state index contributed by atoms with van der Waals surface area (Å²) < 4.78 is 18.5. The van der Waals surface area contributed by atoms with Gasteiger partial charge in [-0.3, -0.25) is 0 Å². The van der Waals surface area contributed by atoms with Crippen molar-refractivity contribution in [3.05, 3.63) is 30.1 Å². The zero-order valence-electron chi connectivity index (χ0n) is 11.3. The first-order valence-electron chi connectivity index (χ1n) is 6.33. The molecule has 3 nitrogen and oxygen atoms in total. The third-order valence-corrected chi connectivity index (χ3v) is 2.61. The Morgan fingerprint density at radius 3 is 2.67 bits per heavy atom. The topological polar surface area (TPSA) is 32.7 Å². The summed E-state index contributed by atoms with van der Waals surface area (Å²) in [5.41, 5.74) is 0.779. The minimum Gasteiger partial charge on any atom is -0.389 e. The maximum Gasteiger partial charge on any atom is 0.125 e. The van der Waals surface area contributed by atoms with Gasteiger partial charge in [-0.1, -0.05) is 6.07 Å². The van der Waals surface area contributed by atoms with Crippen molar-refractivity contribution in [3.63, 3.8) is 0 Å². The highest BCUT2D eigenvalue weighted by Gasteiger charge is 2.12. The zero-order valence-corrected chi connectivity index (χ0v) is 11.3. The second-order valence-electron chi connectivity index (χ2n) is 4.55. The number of hydrogen-bond acceptors (Lipinski definition) is 3. The standard InChI is InChI=1S/C14H22FNO2/c1-4-16(9-14(17)10-18-11(2)3)13-7-5-6-12(15)8-13/h5-8,11,14,17H,4,9-10H2,1-3H3. The average Bonchev–Trinajstić information content (AvgIpc) is 2.33. The van der Waals surface area contributed by atoms with Gasteiger partial charge in [-0.25, -0.2) is 4.39 Å². The molecule has 0 aliphatic rings. The van der Waals surface area contributed by atoms with E-state index < -0.39 is 6.10 Å². The van der Waals surface area contributed by atoms with E-state index in [2.05, 4.69) is 0 Å². The normalized spacial score (nSPS) is 12.8. The highest BCUT2D eigenvalue weighted by Crippen LogP contribution is 2.15. The van der Waals surface area contributed by atoms with E-state index in [0.29, 0.717) is 19.7 Å². The first-order chi connectivity index (χ1) is 8.52. The quantitative estimate of drug-likeness (QED) is 0.812. The van der Waals surface area contributed by atoms with Crippen LogP contribution in [0.1, 0.15) is 20.8 Å². The van der Waals surface area contributed by atoms with E-state index in [1.807, 2.05) is 31.7 Å². The largest absolute Gasteiger partial charge is 0.389 e. The second kappa shape index (κ2) is 7.34. The number of halogens is 1. The molecule has 0 aliphatic carbocycles. The maximum absolute atomic E-state index is 13.1. The van der Waals surface area contributed by atoms with Gasteiger partial charge in [-0.15, -0.1) is 0 Å². The SMILES string of the molecule is CCN(CC(O)COC(C)C)c1cccc(F)c1. The smallest absolute Gasteiger partial charge is 0.125 e. The number of anilines is 1. The van der Waals surface area contributed by atoms with E-state index in [4.69, 9.17) is 4.74 Å². The third kappa shape index (κ3) is 5.02. The Morgan fingerprint density at radius 2 is 2.11 bits per heavy atom. The Hall–Kier alpha value is -1.13. The number of ether oxygens (including phenoxy) is 1. The van der Waals surface area contributed by atoms with Crippen molar-refractivity contribution in [1.29, 1.82) is 0 Å². The fourth-order valence-electron chi connectivity index (χ4n) is 1.70. The number of aliphatic hydroxyl groups is 1. The molecule has 0 spiro atoms. The fourth-order valence-corrected chi connectivity index (χ4v) is 1.70. The molecule has 1 aromatic rings. The van der Waals surface area contributed by atoms with Crippen molar-refractivity contribution in [2.45, 2.75) is 33.0 Å². The zero-order chi connectivity index (χ0) is 13.5. The predicted octanol–water partition coefficient (Wildman–Crippen LogP) is 2.44. The van der Waals surface area contributed by atoms with E-state index in [1.54, 1.807) is 6.07 Å². The Balaban J connectivity index is 2.56. The van der Waals surface area contributed by atoms with Crippen LogP contribution in [-0.4, -0.2) is 37.0 Å². The molecule has 0 saturated heterocycles. The van der Waals surface area contributed by atoms with Crippen molar-refractivity contribution in [2.24, 2.45) is 0 Å². The molecule has 0 radical (unpaired) electrons. The van der Waals surface area contributed by atoms with E-state index in [9.17, 15) is 9.50 Å². The van der Waals surface area contributed by atoms with Gasteiger partial charge < -0.3 is 14.7 Å². The van der Waals surface area contributed by atoms with Crippen LogP contribution in [0.2, 0.25) is 0 Å². The molecule has 18 heavy (non-hydrogen) atoms. The van der Waals surface area contributed by atoms with Crippen LogP contribution in [-0.2, 0) is 4.74 Å². The third-order valence-electron chi connectivity index (χ3n) is 2.61. The molecule has 0 heterocycles. The molecule has 0 fully saturated rings. The average molecular weight is 255 g/mol. The lowest BCUT2D eigenvalue weighted by atomic mass is 10.2. The lowest BCUT2D eigenvalue weighted by molar-refractivity contribution is 0.00897.